The molecule has 3 nitrogen and oxygen atoms in total. The highest BCUT2D eigenvalue weighted by molar-refractivity contribution is 9.10. The fourth-order valence-electron chi connectivity index (χ4n) is 2.75. The molecule has 0 amide bonds. The zero-order chi connectivity index (χ0) is 14.5. The maximum absolute atomic E-state index is 9.40. The van der Waals surface area contributed by atoms with Crippen molar-refractivity contribution in [2.45, 2.75) is 39.3 Å². The molecule has 1 saturated heterocycles. The van der Waals surface area contributed by atoms with Crippen molar-refractivity contribution in [3.05, 3.63) is 28.2 Å². The first-order valence-corrected chi connectivity index (χ1v) is 8.27. The smallest absolute Gasteiger partial charge is 0.0476 e. The van der Waals surface area contributed by atoms with E-state index in [4.69, 9.17) is 0 Å². The van der Waals surface area contributed by atoms with Gasteiger partial charge in [-0.05, 0) is 42.5 Å². The standard InChI is InChI=1S/C16H25BrN2O/c1-12(2)18-9-14-8-15(17)5-6-16(14)19-7-3-4-13(10-19)11-20/h5-6,8,12-13,18,20H,3-4,7,9-11H2,1-2H3. The summed E-state index contributed by atoms with van der Waals surface area (Å²) in [7, 11) is 0. The first-order valence-electron chi connectivity index (χ1n) is 7.47. The van der Waals surface area contributed by atoms with Gasteiger partial charge in [0, 0.05) is 42.4 Å². The molecule has 1 aliphatic heterocycles. The lowest BCUT2D eigenvalue weighted by Gasteiger charge is -2.35. The van der Waals surface area contributed by atoms with E-state index in [2.05, 4.69) is 58.2 Å². The molecule has 0 radical (unpaired) electrons. The third-order valence-electron chi connectivity index (χ3n) is 3.86. The number of benzene rings is 1. The lowest BCUT2D eigenvalue weighted by atomic mass is 9.97. The van der Waals surface area contributed by atoms with E-state index in [0.29, 0.717) is 18.6 Å². The van der Waals surface area contributed by atoms with Crippen LogP contribution in [0.3, 0.4) is 0 Å². The molecule has 20 heavy (non-hydrogen) atoms. The number of aliphatic hydroxyl groups excluding tert-OH is 1. The topological polar surface area (TPSA) is 35.5 Å². The Balaban J connectivity index is 2.16. The van der Waals surface area contributed by atoms with Crippen LogP contribution in [0.25, 0.3) is 0 Å². The minimum atomic E-state index is 0.298. The number of nitrogens with zero attached hydrogens (tertiary/aromatic N) is 1. The quantitative estimate of drug-likeness (QED) is 0.864. The Morgan fingerprint density at radius 3 is 2.95 bits per heavy atom. The van der Waals surface area contributed by atoms with Crippen LogP contribution in [0.2, 0.25) is 0 Å². The average Bonchev–Trinajstić information content (AvgIpc) is 2.45. The van der Waals surface area contributed by atoms with Gasteiger partial charge < -0.3 is 15.3 Å². The van der Waals surface area contributed by atoms with E-state index in [0.717, 1.165) is 30.5 Å². The van der Waals surface area contributed by atoms with Gasteiger partial charge in [-0.2, -0.15) is 0 Å². The van der Waals surface area contributed by atoms with Gasteiger partial charge in [0.15, 0.2) is 0 Å². The molecule has 1 unspecified atom stereocenters. The van der Waals surface area contributed by atoms with E-state index in [1.165, 1.54) is 17.7 Å². The molecule has 2 rings (SSSR count). The van der Waals surface area contributed by atoms with Crippen LogP contribution in [-0.2, 0) is 6.54 Å². The number of nitrogens with one attached hydrogen (secondary N) is 1. The monoisotopic (exact) mass is 340 g/mol. The molecule has 0 aromatic heterocycles. The average molecular weight is 341 g/mol. The second kappa shape index (κ2) is 7.43. The van der Waals surface area contributed by atoms with E-state index < -0.39 is 0 Å². The summed E-state index contributed by atoms with van der Waals surface area (Å²) in [5.74, 6) is 0.415. The molecule has 1 aromatic rings. The fraction of sp³-hybridized carbons (Fsp3) is 0.625. The SMILES string of the molecule is CC(C)NCc1cc(Br)ccc1N1CCCC(CO)C1. The molecular weight excluding hydrogens is 316 g/mol. The van der Waals surface area contributed by atoms with E-state index in [1.807, 2.05) is 0 Å². The molecule has 1 aliphatic rings. The van der Waals surface area contributed by atoms with Crippen LogP contribution in [0, 0.1) is 5.92 Å². The number of hydrogen-bond acceptors (Lipinski definition) is 3. The van der Waals surface area contributed by atoms with E-state index in [-0.39, 0.29) is 0 Å². The maximum Gasteiger partial charge on any atom is 0.0476 e. The summed E-state index contributed by atoms with van der Waals surface area (Å²) in [6.45, 7) is 7.57. The van der Waals surface area contributed by atoms with Gasteiger partial charge in [0.2, 0.25) is 0 Å². The summed E-state index contributed by atoms with van der Waals surface area (Å²) in [6, 6.07) is 6.99. The van der Waals surface area contributed by atoms with Crippen molar-refractivity contribution in [2.75, 3.05) is 24.6 Å². The van der Waals surface area contributed by atoms with Crippen molar-refractivity contribution in [1.82, 2.24) is 5.32 Å². The highest BCUT2D eigenvalue weighted by atomic mass is 79.9. The summed E-state index contributed by atoms with van der Waals surface area (Å²) in [5.41, 5.74) is 2.63. The molecule has 1 fully saturated rings. The molecule has 0 spiro atoms. The Hall–Kier alpha value is -0.580. The third-order valence-corrected chi connectivity index (χ3v) is 4.35. The molecule has 1 atom stereocenters. The van der Waals surface area contributed by atoms with Crippen molar-refractivity contribution in [3.8, 4) is 0 Å². The second-order valence-electron chi connectivity index (χ2n) is 5.95. The Morgan fingerprint density at radius 2 is 2.25 bits per heavy atom. The van der Waals surface area contributed by atoms with Crippen molar-refractivity contribution in [3.63, 3.8) is 0 Å². The minimum Gasteiger partial charge on any atom is -0.396 e. The lowest BCUT2D eigenvalue weighted by Crippen LogP contribution is -2.37. The zero-order valence-corrected chi connectivity index (χ0v) is 14.0. The van der Waals surface area contributed by atoms with Crippen LogP contribution >= 0.6 is 15.9 Å². The van der Waals surface area contributed by atoms with Crippen LogP contribution in [0.15, 0.2) is 22.7 Å². The van der Waals surface area contributed by atoms with Crippen LogP contribution in [0.5, 0.6) is 0 Å². The number of halogens is 1. The number of aliphatic hydroxyl groups is 1. The third kappa shape index (κ3) is 4.21. The predicted molar refractivity (Wildman–Crippen MR) is 88.1 cm³/mol. The van der Waals surface area contributed by atoms with Gasteiger partial charge in [-0.3, -0.25) is 0 Å². The van der Waals surface area contributed by atoms with Gasteiger partial charge >= 0.3 is 0 Å². The minimum absolute atomic E-state index is 0.298. The Bertz CT molecular complexity index is 436. The Kier molecular flexibility index (Phi) is 5.87. The van der Waals surface area contributed by atoms with Gasteiger partial charge in [0.1, 0.15) is 0 Å². The lowest BCUT2D eigenvalue weighted by molar-refractivity contribution is 0.208. The molecular formula is C16H25BrN2O. The van der Waals surface area contributed by atoms with E-state index in [1.54, 1.807) is 0 Å². The largest absolute Gasteiger partial charge is 0.396 e. The highest BCUT2D eigenvalue weighted by Crippen LogP contribution is 2.28. The van der Waals surface area contributed by atoms with Crippen molar-refractivity contribution < 1.29 is 5.11 Å². The highest BCUT2D eigenvalue weighted by Gasteiger charge is 2.21. The van der Waals surface area contributed by atoms with Crippen molar-refractivity contribution >= 4 is 21.6 Å². The maximum atomic E-state index is 9.40. The molecule has 0 saturated carbocycles. The summed E-state index contributed by atoms with van der Waals surface area (Å²) >= 11 is 3.57. The van der Waals surface area contributed by atoms with Crippen LogP contribution < -0.4 is 10.2 Å². The second-order valence-corrected chi connectivity index (χ2v) is 6.86. The summed E-state index contributed by atoms with van der Waals surface area (Å²) < 4.78 is 1.12. The number of piperidine rings is 1. The van der Waals surface area contributed by atoms with Gasteiger partial charge in [-0.15, -0.1) is 0 Å². The fourth-order valence-corrected chi connectivity index (χ4v) is 3.16. The molecule has 2 N–H and O–H groups in total. The van der Waals surface area contributed by atoms with E-state index in [9.17, 15) is 5.11 Å². The van der Waals surface area contributed by atoms with Crippen LogP contribution in [-0.4, -0.2) is 30.8 Å². The molecule has 0 aliphatic carbocycles. The first kappa shape index (κ1) is 15.8. The molecule has 1 heterocycles. The first-order chi connectivity index (χ1) is 9.60. The summed E-state index contributed by atoms with van der Waals surface area (Å²) in [6.07, 6.45) is 2.31. The normalized spacial score (nSPS) is 19.6. The number of anilines is 1. The number of rotatable bonds is 5. The molecule has 1 aromatic carbocycles. The molecule has 112 valence electrons. The van der Waals surface area contributed by atoms with Crippen LogP contribution in [0.4, 0.5) is 5.69 Å². The van der Waals surface area contributed by atoms with Gasteiger partial charge in [0.05, 0.1) is 0 Å². The molecule has 4 heteroatoms. The Labute approximate surface area is 130 Å². The zero-order valence-electron chi connectivity index (χ0n) is 12.4. The Morgan fingerprint density at radius 1 is 1.45 bits per heavy atom. The predicted octanol–water partition coefficient (Wildman–Crippen LogP) is 3.16. The molecule has 0 bridgehead atoms. The van der Waals surface area contributed by atoms with E-state index >= 15 is 0 Å². The van der Waals surface area contributed by atoms with Gasteiger partial charge in [-0.25, -0.2) is 0 Å². The van der Waals surface area contributed by atoms with Crippen molar-refractivity contribution in [1.29, 1.82) is 0 Å². The van der Waals surface area contributed by atoms with Gasteiger partial charge in [-0.1, -0.05) is 29.8 Å². The number of hydrogen-bond donors (Lipinski definition) is 2. The summed E-state index contributed by atoms with van der Waals surface area (Å²) in [4.78, 5) is 2.42. The summed E-state index contributed by atoms with van der Waals surface area (Å²) in [5, 5.41) is 12.9. The van der Waals surface area contributed by atoms with Crippen molar-refractivity contribution in [2.24, 2.45) is 5.92 Å². The van der Waals surface area contributed by atoms with Gasteiger partial charge in [0.25, 0.3) is 0 Å². The van der Waals surface area contributed by atoms with Crippen LogP contribution in [0.1, 0.15) is 32.3 Å².